The number of nitrogens with one attached hydrogen (secondary N) is 2. The van der Waals surface area contributed by atoms with Crippen LogP contribution in [0.4, 0.5) is 17.5 Å². The molecule has 8 nitrogen and oxygen atoms in total. The molecule has 34 heavy (non-hydrogen) atoms. The Kier molecular flexibility index (Phi) is 7.23. The van der Waals surface area contributed by atoms with Crippen LogP contribution in [-0.4, -0.2) is 49.7 Å². The lowest BCUT2D eigenvalue weighted by Gasteiger charge is -2.50. The lowest BCUT2D eigenvalue weighted by Crippen LogP contribution is -2.65. The first-order valence-corrected chi connectivity index (χ1v) is 12.5. The first-order valence-electron chi connectivity index (χ1n) is 11.7. The SMILES string of the molecule is CCC(=O)Cc1ccc(Sc2nc(Nc3cc(C)[nH]n3)cc(N3CC(O)(C(C)CC)C3)n2)cc1. The van der Waals surface area contributed by atoms with Gasteiger partial charge < -0.3 is 15.3 Å². The summed E-state index contributed by atoms with van der Waals surface area (Å²) in [7, 11) is 0. The molecule has 1 fully saturated rings. The van der Waals surface area contributed by atoms with Gasteiger partial charge in [0.2, 0.25) is 0 Å². The number of nitrogens with zero attached hydrogens (tertiary/aromatic N) is 4. The van der Waals surface area contributed by atoms with Crippen LogP contribution in [0.2, 0.25) is 0 Å². The van der Waals surface area contributed by atoms with E-state index in [2.05, 4.69) is 39.2 Å². The third-order valence-electron chi connectivity index (χ3n) is 6.37. The molecule has 0 amide bonds. The van der Waals surface area contributed by atoms with Crippen LogP contribution in [0.15, 0.2) is 46.5 Å². The number of β-amino-alcohol motifs (C(OH)–C–C–N with tert-alkyl or cyclic N) is 1. The molecule has 180 valence electrons. The van der Waals surface area contributed by atoms with Crippen LogP contribution in [0.25, 0.3) is 0 Å². The maximum absolute atomic E-state index is 11.7. The predicted molar refractivity (Wildman–Crippen MR) is 135 cm³/mol. The van der Waals surface area contributed by atoms with Gasteiger partial charge in [-0.15, -0.1) is 0 Å². The molecule has 3 N–H and O–H groups in total. The van der Waals surface area contributed by atoms with Gasteiger partial charge in [0.1, 0.15) is 23.0 Å². The Morgan fingerprint density at radius 2 is 1.94 bits per heavy atom. The predicted octanol–water partition coefficient (Wildman–Crippen LogP) is 4.52. The summed E-state index contributed by atoms with van der Waals surface area (Å²) in [5.41, 5.74) is 1.27. The van der Waals surface area contributed by atoms with E-state index in [-0.39, 0.29) is 11.7 Å². The average molecular weight is 481 g/mol. The summed E-state index contributed by atoms with van der Waals surface area (Å²) in [5, 5.41) is 21.9. The Morgan fingerprint density at radius 1 is 1.21 bits per heavy atom. The zero-order valence-electron chi connectivity index (χ0n) is 20.1. The normalized spacial score (nSPS) is 15.6. The highest BCUT2D eigenvalue weighted by molar-refractivity contribution is 7.99. The first-order chi connectivity index (χ1) is 16.3. The van der Waals surface area contributed by atoms with Crippen LogP contribution < -0.4 is 10.2 Å². The zero-order valence-corrected chi connectivity index (χ0v) is 20.9. The Morgan fingerprint density at radius 3 is 2.56 bits per heavy atom. The molecule has 0 spiro atoms. The van der Waals surface area contributed by atoms with Crippen molar-refractivity contribution in [2.75, 3.05) is 23.3 Å². The number of anilines is 3. The number of aromatic nitrogens is 4. The number of benzene rings is 1. The van der Waals surface area contributed by atoms with Crippen molar-refractivity contribution in [1.29, 1.82) is 0 Å². The van der Waals surface area contributed by atoms with E-state index in [0.717, 1.165) is 28.4 Å². The average Bonchev–Trinajstić information content (AvgIpc) is 3.21. The Balaban J connectivity index is 1.55. The molecule has 3 heterocycles. The molecule has 0 aliphatic carbocycles. The van der Waals surface area contributed by atoms with E-state index >= 15 is 0 Å². The third-order valence-corrected chi connectivity index (χ3v) is 7.24. The van der Waals surface area contributed by atoms with Crippen LogP contribution in [0.5, 0.6) is 0 Å². The third kappa shape index (κ3) is 5.59. The molecule has 1 unspecified atom stereocenters. The molecule has 3 aromatic rings. The van der Waals surface area contributed by atoms with Crippen molar-refractivity contribution in [3.8, 4) is 0 Å². The van der Waals surface area contributed by atoms with Gasteiger partial charge in [0.15, 0.2) is 11.0 Å². The lowest BCUT2D eigenvalue weighted by atomic mass is 9.80. The first kappa shape index (κ1) is 24.2. The number of carbonyl (C=O) groups is 1. The van der Waals surface area contributed by atoms with Gasteiger partial charge in [-0.3, -0.25) is 9.89 Å². The van der Waals surface area contributed by atoms with Crippen LogP contribution in [0, 0.1) is 12.8 Å². The van der Waals surface area contributed by atoms with Gasteiger partial charge in [-0.05, 0) is 42.3 Å². The highest BCUT2D eigenvalue weighted by Gasteiger charge is 2.45. The monoisotopic (exact) mass is 480 g/mol. The van der Waals surface area contributed by atoms with Crippen molar-refractivity contribution < 1.29 is 9.90 Å². The van der Waals surface area contributed by atoms with Gasteiger partial charge in [-0.1, -0.05) is 39.3 Å². The van der Waals surface area contributed by atoms with E-state index in [1.807, 2.05) is 50.2 Å². The molecule has 1 aliphatic rings. The molecule has 1 aromatic carbocycles. The Bertz CT molecular complexity index is 1140. The quantitative estimate of drug-likeness (QED) is 0.364. The van der Waals surface area contributed by atoms with E-state index in [1.165, 1.54) is 11.8 Å². The second-order valence-electron chi connectivity index (χ2n) is 9.04. The molecule has 1 aliphatic heterocycles. The maximum Gasteiger partial charge on any atom is 0.196 e. The van der Waals surface area contributed by atoms with E-state index in [1.54, 1.807) is 0 Å². The van der Waals surface area contributed by atoms with Gasteiger partial charge in [0.25, 0.3) is 0 Å². The maximum atomic E-state index is 11.7. The topological polar surface area (TPSA) is 107 Å². The summed E-state index contributed by atoms with van der Waals surface area (Å²) in [5.74, 6) is 2.55. The fourth-order valence-corrected chi connectivity index (χ4v) is 4.67. The Labute approximate surface area is 204 Å². The largest absolute Gasteiger partial charge is 0.386 e. The van der Waals surface area contributed by atoms with Crippen molar-refractivity contribution in [3.05, 3.63) is 47.7 Å². The number of aromatic amines is 1. The summed E-state index contributed by atoms with van der Waals surface area (Å²) >= 11 is 1.46. The molecule has 4 rings (SSSR count). The van der Waals surface area contributed by atoms with Crippen molar-refractivity contribution in [1.82, 2.24) is 20.2 Å². The molecule has 9 heteroatoms. The molecule has 0 bridgehead atoms. The van der Waals surface area contributed by atoms with Crippen LogP contribution in [-0.2, 0) is 11.2 Å². The van der Waals surface area contributed by atoms with Gasteiger partial charge >= 0.3 is 0 Å². The van der Waals surface area contributed by atoms with Crippen molar-refractivity contribution in [2.24, 2.45) is 5.92 Å². The number of rotatable bonds is 10. The van der Waals surface area contributed by atoms with Crippen molar-refractivity contribution in [2.45, 2.75) is 62.6 Å². The summed E-state index contributed by atoms with van der Waals surface area (Å²) < 4.78 is 0. The minimum Gasteiger partial charge on any atom is -0.386 e. The molecular formula is C25H32N6O2S. The number of hydrogen-bond donors (Lipinski definition) is 3. The van der Waals surface area contributed by atoms with Gasteiger partial charge in [-0.25, -0.2) is 9.97 Å². The number of carbonyl (C=O) groups excluding carboxylic acids is 1. The highest BCUT2D eigenvalue weighted by atomic mass is 32.2. The molecule has 0 saturated carbocycles. The number of Topliss-reactive ketones (excluding diaryl/α,β-unsaturated/α-hetero) is 1. The highest BCUT2D eigenvalue weighted by Crippen LogP contribution is 2.36. The fraction of sp³-hybridized carbons (Fsp3) is 0.440. The lowest BCUT2D eigenvalue weighted by molar-refractivity contribution is -0.118. The van der Waals surface area contributed by atoms with Gasteiger partial charge in [0, 0.05) is 35.6 Å². The standard InChI is InChI=1S/C25H32N6O2S/c1-5-16(3)25(33)14-31(15-25)23-13-21(26-22-11-17(4)29-30-22)27-24(28-23)34-20-9-7-18(8-10-20)12-19(32)6-2/h7-11,13,16,33H,5-6,12,14-15H2,1-4H3,(H2,26,27,28,29,30). The van der Waals surface area contributed by atoms with Gasteiger partial charge in [-0.2, -0.15) is 5.10 Å². The second-order valence-corrected chi connectivity index (χ2v) is 10.1. The minimum absolute atomic E-state index is 0.224. The number of ketones is 1. The van der Waals surface area contributed by atoms with Crippen molar-refractivity contribution >= 4 is 35.0 Å². The number of hydrogen-bond acceptors (Lipinski definition) is 8. The minimum atomic E-state index is -0.689. The van der Waals surface area contributed by atoms with Crippen LogP contribution >= 0.6 is 11.8 Å². The van der Waals surface area contributed by atoms with E-state index in [0.29, 0.717) is 42.7 Å². The summed E-state index contributed by atoms with van der Waals surface area (Å²) in [6.07, 6.45) is 1.93. The summed E-state index contributed by atoms with van der Waals surface area (Å²) in [6, 6.07) is 11.8. The van der Waals surface area contributed by atoms with E-state index in [9.17, 15) is 9.90 Å². The molecule has 1 saturated heterocycles. The molecule has 1 atom stereocenters. The smallest absolute Gasteiger partial charge is 0.196 e. The zero-order chi connectivity index (χ0) is 24.3. The van der Waals surface area contributed by atoms with Crippen LogP contribution in [0.3, 0.4) is 0 Å². The number of aliphatic hydroxyl groups is 1. The molecule has 2 aromatic heterocycles. The molecular weight excluding hydrogens is 448 g/mol. The second kappa shape index (κ2) is 10.1. The Hall–Kier alpha value is -2.91. The summed E-state index contributed by atoms with van der Waals surface area (Å²) in [4.78, 5) is 24.3. The van der Waals surface area contributed by atoms with E-state index < -0.39 is 5.60 Å². The van der Waals surface area contributed by atoms with E-state index in [4.69, 9.17) is 4.98 Å². The molecule has 0 radical (unpaired) electrons. The van der Waals surface area contributed by atoms with Gasteiger partial charge in [0.05, 0.1) is 13.1 Å². The van der Waals surface area contributed by atoms with Crippen molar-refractivity contribution in [3.63, 3.8) is 0 Å². The summed E-state index contributed by atoms with van der Waals surface area (Å²) in [6.45, 7) is 9.10. The number of aryl methyl sites for hydroxylation is 1. The fourth-order valence-electron chi connectivity index (χ4n) is 3.90. The van der Waals surface area contributed by atoms with Crippen LogP contribution in [0.1, 0.15) is 44.9 Å². The number of H-pyrrole nitrogens is 1.